The van der Waals surface area contributed by atoms with Gasteiger partial charge in [0.25, 0.3) is 0 Å². The minimum Gasteiger partial charge on any atom is -0.466 e. The van der Waals surface area contributed by atoms with E-state index in [1.54, 1.807) is 11.8 Å². The average Bonchev–Trinajstić information content (AvgIpc) is 2.54. The van der Waals surface area contributed by atoms with Crippen LogP contribution in [0.25, 0.3) is 0 Å². The Kier molecular flexibility index (Phi) is 3.43. The second-order valence-electron chi connectivity index (χ2n) is 4.43. The van der Waals surface area contributed by atoms with Gasteiger partial charge in [-0.2, -0.15) is 11.8 Å². The number of thioether (sulfide) groups is 1. The number of rotatable bonds is 2. The lowest BCUT2D eigenvalue weighted by atomic mass is 10.0. The lowest BCUT2D eigenvalue weighted by Gasteiger charge is -2.19. The highest BCUT2D eigenvalue weighted by Crippen LogP contribution is 2.31. The fraction of sp³-hybridized carbons (Fsp3) is 0.615. The predicted octanol–water partition coefficient (Wildman–Crippen LogP) is 3.67. The third kappa shape index (κ3) is 2.05. The number of hydrogen-bond acceptors (Lipinski definition) is 3. The Morgan fingerprint density at radius 1 is 1.25 bits per heavy atom. The van der Waals surface area contributed by atoms with Gasteiger partial charge in [-0.25, -0.2) is 0 Å². The third-order valence-corrected chi connectivity index (χ3v) is 4.66. The Balaban J connectivity index is 2.25. The standard InChI is InChI=1S/C13H18O2S/c1-8-9(2)15-10(3)12(8)13(14)11-6-4-5-7-16-11/h11H,4-7H2,1-3H3. The summed E-state index contributed by atoms with van der Waals surface area (Å²) in [6.07, 6.45) is 3.45. The van der Waals surface area contributed by atoms with E-state index in [0.29, 0.717) is 0 Å². The predicted molar refractivity (Wildman–Crippen MR) is 67.3 cm³/mol. The zero-order valence-corrected chi connectivity index (χ0v) is 10.9. The van der Waals surface area contributed by atoms with Crippen molar-refractivity contribution >= 4 is 17.5 Å². The Hall–Kier alpha value is -0.700. The second kappa shape index (κ2) is 4.66. The topological polar surface area (TPSA) is 30.2 Å². The van der Waals surface area contributed by atoms with Crippen molar-refractivity contribution < 1.29 is 9.21 Å². The van der Waals surface area contributed by atoms with Gasteiger partial charge in [0.15, 0.2) is 5.78 Å². The lowest BCUT2D eigenvalue weighted by Crippen LogP contribution is -2.21. The van der Waals surface area contributed by atoms with Crippen LogP contribution in [0.1, 0.15) is 46.7 Å². The molecule has 1 aliphatic heterocycles. The average molecular weight is 238 g/mol. The Morgan fingerprint density at radius 2 is 2.00 bits per heavy atom. The Morgan fingerprint density at radius 3 is 2.50 bits per heavy atom. The van der Waals surface area contributed by atoms with Crippen LogP contribution in [0, 0.1) is 20.8 Å². The highest BCUT2D eigenvalue weighted by atomic mass is 32.2. The van der Waals surface area contributed by atoms with Gasteiger partial charge in [-0.15, -0.1) is 0 Å². The normalized spacial score (nSPS) is 21.1. The van der Waals surface area contributed by atoms with Crippen LogP contribution in [0.3, 0.4) is 0 Å². The lowest BCUT2D eigenvalue weighted by molar-refractivity contribution is 0.0983. The van der Waals surface area contributed by atoms with Crippen molar-refractivity contribution in [1.82, 2.24) is 0 Å². The molecule has 1 unspecified atom stereocenters. The molecule has 1 aliphatic rings. The molecule has 1 atom stereocenters. The van der Waals surface area contributed by atoms with E-state index < -0.39 is 0 Å². The summed E-state index contributed by atoms with van der Waals surface area (Å²) in [6, 6.07) is 0. The first-order valence-corrected chi connectivity index (χ1v) is 6.88. The SMILES string of the molecule is Cc1oc(C)c(C(=O)C2CCCCS2)c1C. The van der Waals surface area contributed by atoms with Crippen molar-refractivity contribution in [1.29, 1.82) is 0 Å². The molecule has 0 saturated carbocycles. The first-order valence-electron chi connectivity index (χ1n) is 5.83. The van der Waals surface area contributed by atoms with E-state index in [2.05, 4.69) is 0 Å². The van der Waals surface area contributed by atoms with Gasteiger partial charge in [0.1, 0.15) is 11.5 Å². The maximum Gasteiger partial charge on any atom is 0.179 e. The molecule has 2 rings (SSSR count). The quantitative estimate of drug-likeness (QED) is 0.736. The summed E-state index contributed by atoms with van der Waals surface area (Å²) in [5.41, 5.74) is 1.85. The van der Waals surface area contributed by atoms with Crippen molar-refractivity contribution in [3.05, 3.63) is 22.6 Å². The van der Waals surface area contributed by atoms with E-state index in [1.165, 1.54) is 12.8 Å². The number of furan rings is 1. The molecule has 3 heteroatoms. The fourth-order valence-electron chi connectivity index (χ4n) is 2.26. The van der Waals surface area contributed by atoms with Gasteiger partial charge in [0.05, 0.1) is 10.8 Å². The summed E-state index contributed by atoms with van der Waals surface area (Å²) < 4.78 is 5.53. The van der Waals surface area contributed by atoms with Crippen LogP contribution in [-0.4, -0.2) is 16.8 Å². The van der Waals surface area contributed by atoms with Crippen LogP contribution in [-0.2, 0) is 0 Å². The van der Waals surface area contributed by atoms with Crippen LogP contribution in [0.5, 0.6) is 0 Å². The molecular weight excluding hydrogens is 220 g/mol. The van der Waals surface area contributed by atoms with Crippen molar-refractivity contribution in [2.75, 3.05) is 5.75 Å². The molecule has 0 aliphatic carbocycles. The minimum absolute atomic E-state index is 0.156. The molecule has 0 amide bonds. The summed E-state index contributed by atoms with van der Waals surface area (Å²) in [5.74, 6) is 3.05. The number of Topliss-reactive ketones (excluding diaryl/α,β-unsaturated/α-hetero) is 1. The smallest absolute Gasteiger partial charge is 0.179 e. The van der Waals surface area contributed by atoms with Gasteiger partial charge >= 0.3 is 0 Å². The zero-order valence-electron chi connectivity index (χ0n) is 10.1. The maximum absolute atomic E-state index is 12.4. The van der Waals surface area contributed by atoms with E-state index in [0.717, 1.165) is 34.8 Å². The van der Waals surface area contributed by atoms with Crippen LogP contribution in [0.4, 0.5) is 0 Å². The molecule has 0 N–H and O–H groups in total. The highest BCUT2D eigenvalue weighted by molar-refractivity contribution is 8.00. The van der Waals surface area contributed by atoms with E-state index in [1.807, 2.05) is 20.8 Å². The molecule has 16 heavy (non-hydrogen) atoms. The number of carbonyl (C=O) groups excluding carboxylic acids is 1. The summed E-state index contributed by atoms with van der Waals surface area (Å²) in [4.78, 5) is 12.4. The molecule has 0 bridgehead atoms. The van der Waals surface area contributed by atoms with Crippen molar-refractivity contribution in [3.8, 4) is 0 Å². The molecule has 2 nitrogen and oxygen atoms in total. The Bertz CT molecular complexity index is 400. The first-order chi connectivity index (χ1) is 7.61. The van der Waals surface area contributed by atoms with E-state index >= 15 is 0 Å². The Labute approximate surface area is 101 Å². The van der Waals surface area contributed by atoms with Gasteiger partial charge in [-0.05, 0) is 39.4 Å². The molecule has 0 aromatic carbocycles. The van der Waals surface area contributed by atoms with E-state index in [9.17, 15) is 4.79 Å². The van der Waals surface area contributed by atoms with Gasteiger partial charge in [-0.1, -0.05) is 6.42 Å². The molecular formula is C13H18O2S. The zero-order chi connectivity index (χ0) is 11.7. The molecule has 1 aromatic rings. The maximum atomic E-state index is 12.4. The summed E-state index contributed by atoms with van der Waals surface area (Å²) in [5, 5.41) is 0.156. The van der Waals surface area contributed by atoms with Gasteiger partial charge in [0.2, 0.25) is 0 Å². The van der Waals surface area contributed by atoms with Crippen molar-refractivity contribution in [2.24, 2.45) is 0 Å². The highest BCUT2D eigenvalue weighted by Gasteiger charge is 2.27. The molecule has 88 valence electrons. The number of carbonyl (C=O) groups is 1. The van der Waals surface area contributed by atoms with Crippen molar-refractivity contribution in [3.63, 3.8) is 0 Å². The molecule has 0 radical (unpaired) electrons. The first kappa shape index (κ1) is 11.8. The van der Waals surface area contributed by atoms with Gasteiger partial charge in [-0.3, -0.25) is 4.79 Å². The molecule has 1 fully saturated rings. The molecule has 0 spiro atoms. The van der Waals surface area contributed by atoms with Gasteiger partial charge in [0, 0.05) is 5.56 Å². The summed E-state index contributed by atoms with van der Waals surface area (Å²) >= 11 is 1.80. The van der Waals surface area contributed by atoms with Gasteiger partial charge < -0.3 is 4.42 Å². The van der Waals surface area contributed by atoms with Crippen LogP contribution in [0.2, 0.25) is 0 Å². The molecule has 2 heterocycles. The minimum atomic E-state index is 0.156. The van der Waals surface area contributed by atoms with E-state index in [-0.39, 0.29) is 11.0 Å². The monoisotopic (exact) mass is 238 g/mol. The number of ketones is 1. The van der Waals surface area contributed by atoms with Crippen molar-refractivity contribution in [2.45, 2.75) is 45.3 Å². The number of hydrogen-bond donors (Lipinski definition) is 0. The second-order valence-corrected chi connectivity index (χ2v) is 5.74. The molecule has 1 saturated heterocycles. The van der Waals surface area contributed by atoms with Crippen LogP contribution in [0.15, 0.2) is 4.42 Å². The van der Waals surface area contributed by atoms with E-state index in [4.69, 9.17) is 4.42 Å². The molecule has 1 aromatic heterocycles. The summed E-state index contributed by atoms with van der Waals surface area (Å²) in [7, 11) is 0. The number of aryl methyl sites for hydroxylation is 2. The van der Waals surface area contributed by atoms with Crippen LogP contribution < -0.4 is 0 Å². The fourth-order valence-corrected chi connectivity index (χ4v) is 3.52. The third-order valence-electron chi connectivity index (χ3n) is 3.28. The largest absolute Gasteiger partial charge is 0.466 e. The van der Waals surface area contributed by atoms with Crippen LogP contribution >= 0.6 is 11.8 Å². The summed E-state index contributed by atoms with van der Waals surface area (Å²) in [6.45, 7) is 5.79.